The van der Waals surface area contributed by atoms with E-state index in [1.54, 1.807) is 14.2 Å². The van der Waals surface area contributed by atoms with Gasteiger partial charge in [-0.3, -0.25) is 4.79 Å². The number of benzene rings is 2. The minimum absolute atomic E-state index is 0.0216. The summed E-state index contributed by atoms with van der Waals surface area (Å²) in [4.78, 5) is 12.9. The molecule has 4 fully saturated rings. The predicted molar refractivity (Wildman–Crippen MR) is 156 cm³/mol. The maximum atomic E-state index is 12.9. The minimum atomic E-state index is -0.356. The van der Waals surface area contributed by atoms with E-state index in [0.717, 1.165) is 70.8 Å². The molecule has 0 heterocycles. The molecule has 216 valence electrons. The number of nitrogens with one attached hydrogen (secondary N) is 1. The highest BCUT2D eigenvalue weighted by atomic mass is 16.5. The van der Waals surface area contributed by atoms with E-state index >= 15 is 0 Å². The average molecular weight is 547 g/mol. The highest BCUT2D eigenvalue weighted by Crippen LogP contribution is 2.78. The van der Waals surface area contributed by atoms with Gasteiger partial charge < -0.3 is 25.3 Å². The molecular formula is C34H46N2O4. The first-order chi connectivity index (χ1) is 19.3. The lowest BCUT2D eigenvalue weighted by molar-refractivity contribution is -0.312. The van der Waals surface area contributed by atoms with Crippen molar-refractivity contribution in [3.63, 3.8) is 0 Å². The van der Waals surface area contributed by atoms with Gasteiger partial charge in [-0.15, -0.1) is 0 Å². The Bertz CT molecular complexity index is 1230. The van der Waals surface area contributed by atoms with Crippen LogP contribution in [-0.2, 0) is 4.79 Å². The summed E-state index contributed by atoms with van der Waals surface area (Å²) in [6.07, 6.45) is 5.60. The highest BCUT2D eigenvalue weighted by molar-refractivity contribution is 5.77. The molecule has 4 saturated carbocycles. The first kappa shape index (κ1) is 27.4. The SMILES string of the molecule is COc1ccc(C(N)c2ccc(OCC(=O)NCC3(C)C(C(C)C4CCC4C)C4C5CCC5C43)cc2)c(OC)c1. The van der Waals surface area contributed by atoms with E-state index in [1.165, 1.54) is 25.7 Å². The highest BCUT2D eigenvalue weighted by Gasteiger charge is 2.74. The number of nitrogens with two attached hydrogens (primary N) is 1. The Morgan fingerprint density at radius 3 is 2.35 bits per heavy atom. The van der Waals surface area contributed by atoms with Gasteiger partial charge in [0, 0.05) is 18.2 Å². The first-order valence-corrected chi connectivity index (χ1v) is 15.2. The van der Waals surface area contributed by atoms with Gasteiger partial charge in [-0.05, 0) is 102 Å². The summed E-state index contributed by atoms with van der Waals surface area (Å²) in [5.41, 5.74) is 8.58. The number of methoxy groups -OCH3 is 2. The van der Waals surface area contributed by atoms with E-state index in [0.29, 0.717) is 11.5 Å². The van der Waals surface area contributed by atoms with E-state index in [2.05, 4.69) is 26.1 Å². The molecule has 0 radical (unpaired) electrons. The van der Waals surface area contributed by atoms with Crippen molar-refractivity contribution in [1.82, 2.24) is 5.32 Å². The van der Waals surface area contributed by atoms with Crippen LogP contribution < -0.4 is 25.3 Å². The monoisotopic (exact) mass is 546 g/mol. The van der Waals surface area contributed by atoms with Gasteiger partial charge in [0.05, 0.1) is 20.3 Å². The largest absolute Gasteiger partial charge is 0.497 e. The molecule has 1 amide bonds. The lowest BCUT2D eigenvalue weighted by Crippen LogP contribution is -2.76. The van der Waals surface area contributed by atoms with Crippen LogP contribution in [0.2, 0.25) is 0 Å². The number of carbonyl (C=O) groups excluding carboxylic acids is 1. The Labute approximate surface area is 239 Å². The number of hydrogen-bond acceptors (Lipinski definition) is 5. The van der Waals surface area contributed by atoms with Crippen LogP contribution in [0, 0.1) is 52.8 Å². The van der Waals surface area contributed by atoms with E-state index in [1.807, 2.05) is 42.5 Å². The smallest absolute Gasteiger partial charge is 0.257 e. The number of fused-ring (bicyclic) bond motifs is 4. The maximum absolute atomic E-state index is 12.9. The zero-order valence-electron chi connectivity index (χ0n) is 24.7. The molecule has 6 heteroatoms. The predicted octanol–water partition coefficient (Wildman–Crippen LogP) is 5.84. The normalized spacial score (nSPS) is 34.8. The molecule has 2 aromatic rings. The Morgan fingerprint density at radius 1 is 1.02 bits per heavy atom. The molecule has 0 aliphatic heterocycles. The van der Waals surface area contributed by atoms with Crippen LogP contribution in [0.5, 0.6) is 17.2 Å². The molecule has 2 aromatic carbocycles. The van der Waals surface area contributed by atoms with Gasteiger partial charge in [-0.2, -0.15) is 0 Å². The van der Waals surface area contributed by atoms with Crippen molar-refractivity contribution in [2.45, 2.75) is 52.5 Å². The summed E-state index contributed by atoms with van der Waals surface area (Å²) in [6.45, 7) is 8.20. The lowest BCUT2D eigenvalue weighted by Gasteiger charge is -2.79. The van der Waals surface area contributed by atoms with E-state index in [-0.39, 0.29) is 24.0 Å². The van der Waals surface area contributed by atoms with Crippen LogP contribution in [-0.4, -0.2) is 33.3 Å². The summed E-state index contributed by atoms with van der Waals surface area (Å²) in [6, 6.07) is 12.9. The molecule has 10 atom stereocenters. The third kappa shape index (κ3) is 4.38. The molecule has 4 aliphatic carbocycles. The van der Waals surface area contributed by atoms with E-state index in [9.17, 15) is 4.79 Å². The molecule has 6 nitrogen and oxygen atoms in total. The van der Waals surface area contributed by atoms with Crippen LogP contribution in [0.3, 0.4) is 0 Å². The zero-order chi connectivity index (χ0) is 28.2. The fourth-order valence-electron chi connectivity index (χ4n) is 9.29. The van der Waals surface area contributed by atoms with Crippen molar-refractivity contribution < 1.29 is 19.0 Å². The van der Waals surface area contributed by atoms with Crippen molar-refractivity contribution in [2.24, 2.45) is 58.5 Å². The van der Waals surface area contributed by atoms with Crippen molar-refractivity contribution in [3.05, 3.63) is 53.6 Å². The van der Waals surface area contributed by atoms with Crippen LogP contribution in [0.4, 0.5) is 0 Å². The number of amides is 1. The number of rotatable bonds is 11. The van der Waals surface area contributed by atoms with Gasteiger partial charge in [0.25, 0.3) is 5.91 Å². The van der Waals surface area contributed by atoms with Crippen LogP contribution >= 0.6 is 0 Å². The molecule has 0 spiro atoms. The zero-order valence-corrected chi connectivity index (χ0v) is 24.7. The quantitative estimate of drug-likeness (QED) is 0.370. The third-order valence-electron chi connectivity index (χ3n) is 11.7. The van der Waals surface area contributed by atoms with E-state index < -0.39 is 0 Å². The topological polar surface area (TPSA) is 82.8 Å². The summed E-state index contributed by atoms with van der Waals surface area (Å²) >= 11 is 0. The maximum Gasteiger partial charge on any atom is 0.257 e. The summed E-state index contributed by atoms with van der Waals surface area (Å²) in [5.74, 6) is 8.84. The Morgan fingerprint density at radius 2 is 1.75 bits per heavy atom. The fourth-order valence-corrected chi connectivity index (χ4v) is 9.29. The third-order valence-corrected chi connectivity index (χ3v) is 11.7. The molecule has 0 aromatic heterocycles. The molecular weight excluding hydrogens is 500 g/mol. The molecule has 0 saturated heterocycles. The summed E-state index contributed by atoms with van der Waals surface area (Å²) in [7, 11) is 3.25. The van der Waals surface area contributed by atoms with Gasteiger partial charge in [-0.1, -0.05) is 39.3 Å². The number of carbonyl (C=O) groups is 1. The second-order valence-electron chi connectivity index (χ2n) is 13.3. The van der Waals surface area contributed by atoms with Gasteiger partial charge in [0.2, 0.25) is 0 Å². The molecule has 4 aliphatic rings. The molecule has 40 heavy (non-hydrogen) atoms. The number of hydrogen-bond donors (Lipinski definition) is 2. The average Bonchev–Trinajstić information content (AvgIpc) is 2.95. The molecule has 6 rings (SSSR count). The molecule has 3 N–H and O–H groups in total. The van der Waals surface area contributed by atoms with Crippen LogP contribution in [0.1, 0.15) is 63.6 Å². The van der Waals surface area contributed by atoms with Crippen molar-refractivity contribution in [2.75, 3.05) is 27.4 Å². The first-order valence-electron chi connectivity index (χ1n) is 15.2. The van der Waals surface area contributed by atoms with Gasteiger partial charge in [-0.25, -0.2) is 0 Å². The van der Waals surface area contributed by atoms with Gasteiger partial charge in [0.1, 0.15) is 17.2 Å². The van der Waals surface area contributed by atoms with Gasteiger partial charge in [0.15, 0.2) is 6.61 Å². The van der Waals surface area contributed by atoms with Crippen molar-refractivity contribution >= 4 is 5.91 Å². The van der Waals surface area contributed by atoms with Crippen molar-refractivity contribution in [1.29, 1.82) is 0 Å². The molecule has 10 unspecified atom stereocenters. The fraction of sp³-hybridized carbons (Fsp3) is 0.618. The second kappa shape index (κ2) is 10.6. The number of ether oxygens (including phenoxy) is 3. The van der Waals surface area contributed by atoms with Crippen LogP contribution in [0.15, 0.2) is 42.5 Å². The molecule has 0 bridgehead atoms. The van der Waals surface area contributed by atoms with Crippen molar-refractivity contribution in [3.8, 4) is 17.2 Å². The lowest BCUT2D eigenvalue weighted by atomic mass is 9.26. The van der Waals surface area contributed by atoms with Crippen LogP contribution in [0.25, 0.3) is 0 Å². The van der Waals surface area contributed by atoms with E-state index in [4.69, 9.17) is 19.9 Å². The minimum Gasteiger partial charge on any atom is -0.497 e. The standard InChI is InChI=1S/C34H46N2O4/c1-19-6-12-24(19)20(2)31-30-25-14-15-26(25)32(30)34(31,3)18-36-29(37)17-40-22-9-7-21(8-10-22)33(35)27-13-11-23(38-4)16-28(27)39-5/h7-11,13,16,19-20,24-26,30-33H,6,12,14-15,17-18,35H2,1-5H3,(H,36,37). The Hall–Kier alpha value is -2.73. The van der Waals surface area contributed by atoms with Gasteiger partial charge >= 0.3 is 0 Å². The summed E-state index contributed by atoms with van der Waals surface area (Å²) < 4.78 is 16.7. The summed E-state index contributed by atoms with van der Waals surface area (Å²) in [5, 5.41) is 3.28. The Kier molecular flexibility index (Phi) is 7.27. The Balaban J connectivity index is 1.03. The second-order valence-corrected chi connectivity index (χ2v) is 13.3.